The summed E-state index contributed by atoms with van der Waals surface area (Å²) in [5.41, 5.74) is 4.61. The Morgan fingerprint density at radius 1 is 1.25 bits per heavy atom. The molecule has 0 saturated heterocycles. The maximum absolute atomic E-state index is 13.1. The van der Waals surface area contributed by atoms with Crippen LogP contribution in [0.1, 0.15) is 12.0 Å². The number of rotatable bonds is 4. The zero-order valence-electron chi connectivity index (χ0n) is 8.21. The predicted octanol–water partition coefficient (Wildman–Crippen LogP) is 0.883. The smallest absolute Gasteiger partial charge is 0.220 e. The summed E-state index contributed by atoms with van der Waals surface area (Å²) in [5.74, 6) is -4.23. The van der Waals surface area contributed by atoms with Crippen molar-refractivity contribution in [1.82, 2.24) is 0 Å². The van der Waals surface area contributed by atoms with Crippen LogP contribution in [0.3, 0.4) is 0 Å². The molecule has 0 unspecified atom stereocenters. The van der Waals surface area contributed by atoms with Crippen molar-refractivity contribution in [1.29, 1.82) is 0 Å². The Labute approximate surface area is 89.7 Å². The first-order valence-corrected chi connectivity index (χ1v) is 4.50. The number of carbonyl (C=O) groups is 1. The Bertz CT molecular complexity index is 409. The average Bonchev–Trinajstić information content (AvgIpc) is 2.12. The molecule has 0 aliphatic rings. The molecule has 1 aromatic carbocycles. The van der Waals surface area contributed by atoms with E-state index in [-0.39, 0.29) is 18.4 Å². The van der Waals surface area contributed by atoms with Crippen LogP contribution < -0.4 is 5.73 Å². The van der Waals surface area contributed by atoms with Gasteiger partial charge in [0.05, 0.1) is 12.5 Å². The van der Waals surface area contributed by atoms with E-state index in [0.29, 0.717) is 12.1 Å². The fourth-order valence-electron chi connectivity index (χ4n) is 1.28. The maximum Gasteiger partial charge on any atom is 0.220 e. The molecule has 1 atom stereocenters. The maximum atomic E-state index is 13.1. The van der Waals surface area contributed by atoms with E-state index in [2.05, 4.69) is 0 Å². The Morgan fingerprint density at radius 2 is 1.81 bits per heavy atom. The third-order valence-electron chi connectivity index (χ3n) is 1.98. The summed E-state index contributed by atoms with van der Waals surface area (Å²) in [6, 6.07) is 1.04. The SMILES string of the molecule is NC(=O)C[C@@H](O)Cc1cc(F)c(F)cc1F. The van der Waals surface area contributed by atoms with Crippen molar-refractivity contribution in [2.24, 2.45) is 5.73 Å². The topological polar surface area (TPSA) is 63.3 Å². The van der Waals surface area contributed by atoms with E-state index in [0.717, 1.165) is 0 Å². The van der Waals surface area contributed by atoms with Gasteiger partial charge >= 0.3 is 0 Å². The van der Waals surface area contributed by atoms with Crippen LogP contribution in [0.2, 0.25) is 0 Å². The van der Waals surface area contributed by atoms with Crippen molar-refractivity contribution in [3.63, 3.8) is 0 Å². The minimum Gasteiger partial charge on any atom is -0.392 e. The highest BCUT2D eigenvalue weighted by Crippen LogP contribution is 2.16. The zero-order valence-corrected chi connectivity index (χ0v) is 8.21. The number of hydrogen-bond acceptors (Lipinski definition) is 2. The van der Waals surface area contributed by atoms with E-state index >= 15 is 0 Å². The van der Waals surface area contributed by atoms with Gasteiger partial charge in [-0.25, -0.2) is 13.2 Å². The van der Waals surface area contributed by atoms with Crippen molar-refractivity contribution in [3.8, 4) is 0 Å². The lowest BCUT2D eigenvalue weighted by molar-refractivity contribution is -0.119. The highest BCUT2D eigenvalue weighted by Gasteiger charge is 2.15. The highest BCUT2D eigenvalue weighted by atomic mass is 19.2. The third kappa shape index (κ3) is 3.23. The summed E-state index contributed by atoms with van der Waals surface area (Å²) in [5, 5.41) is 9.27. The summed E-state index contributed by atoms with van der Waals surface area (Å²) in [7, 11) is 0. The predicted molar refractivity (Wildman–Crippen MR) is 49.8 cm³/mol. The van der Waals surface area contributed by atoms with E-state index in [1.807, 2.05) is 0 Å². The van der Waals surface area contributed by atoms with Gasteiger partial charge in [-0.1, -0.05) is 0 Å². The van der Waals surface area contributed by atoms with Gasteiger partial charge in [0, 0.05) is 12.5 Å². The van der Waals surface area contributed by atoms with Gasteiger partial charge < -0.3 is 10.8 Å². The fourth-order valence-corrected chi connectivity index (χ4v) is 1.28. The lowest BCUT2D eigenvalue weighted by atomic mass is 10.0. The van der Waals surface area contributed by atoms with Crippen LogP contribution in [0.5, 0.6) is 0 Å². The number of hydrogen-bond donors (Lipinski definition) is 2. The van der Waals surface area contributed by atoms with Crippen LogP contribution >= 0.6 is 0 Å². The quantitative estimate of drug-likeness (QED) is 0.758. The number of primary amides is 1. The van der Waals surface area contributed by atoms with Gasteiger partial charge in [-0.2, -0.15) is 0 Å². The van der Waals surface area contributed by atoms with Crippen LogP contribution in [0.25, 0.3) is 0 Å². The molecule has 0 aromatic heterocycles. The molecule has 0 heterocycles. The van der Waals surface area contributed by atoms with Gasteiger partial charge in [-0.3, -0.25) is 4.79 Å². The summed E-state index contributed by atoms with van der Waals surface area (Å²) in [6.45, 7) is 0. The van der Waals surface area contributed by atoms with Gasteiger partial charge in [0.15, 0.2) is 11.6 Å². The molecular formula is C10H10F3NO2. The number of carbonyl (C=O) groups excluding carboxylic acids is 1. The molecule has 0 saturated carbocycles. The molecule has 0 fully saturated rings. The Kier molecular flexibility index (Phi) is 3.89. The first-order valence-electron chi connectivity index (χ1n) is 4.50. The van der Waals surface area contributed by atoms with Gasteiger partial charge in [-0.05, 0) is 11.6 Å². The number of aliphatic hydroxyl groups excluding tert-OH is 1. The molecule has 16 heavy (non-hydrogen) atoms. The molecule has 0 spiro atoms. The summed E-state index contributed by atoms with van der Waals surface area (Å²) in [6.07, 6.45) is -1.87. The van der Waals surface area contributed by atoms with Crippen LogP contribution in [0, 0.1) is 17.5 Å². The molecule has 0 aliphatic carbocycles. The fraction of sp³-hybridized carbons (Fsp3) is 0.300. The van der Waals surface area contributed by atoms with Gasteiger partial charge in [0.1, 0.15) is 5.82 Å². The second-order valence-corrected chi connectivity index (χ2v) is 3.39. The standard InChI is InChI=1S/C10H10F3NO2/c11-7-4-9(13)8(12)2-5(7)1-6(15)3-10(14)16/h2,4,6,15H,1,3H2,(H2,14,16)/t6-/m0/s1. The van der Waals surface area contributed by atoms with E-state index in [1.54, 1.807) is 0 Å². The van der Waals surface area contributed by atoms with Crippen molar-refractivity contribution in [2.45, 2.75) is 18.9 Å². The molecule has 1 rings (SSSR count). The van der Waals surface area contributed by atoms with E-state index in [1.165, 1.54) is 0 Å². The van der Waals surface area contributed by atoms with Gasteiger partial charge in [-0.15, -0.1) is 0 Å². The van der Waals surface area contributed by atoms with Crippen LogP contribution in [0.15, 0.2) is 12.1 Å². The molecule has 0 radical (unpaired) electrons. The Morgan fingerprint density at radius 3 is 2.38 bits per heavy atom. The van der Waals surface area contributed by atoms with Gasteiger partial charge in [0.25, 0.3) is 0 Å². The Hall–Kier alpha value is -1.56. The number of benzene rings is 1. The largest absolute Gasteiger partial charge is 0.392 e. The number of halogens is 3. The second-order valence-electron chi connectivity index (χ2n) is 3.39. The molecule has 88 valence electrons. The summed E-state index contributed by atoms with van der Waals surface area (Å²) >= 11 is 0. The van der Waals surface area contributed by atoms with E-state index in [9.17, 15) is 23.1 Å². The van der Waals surface area contributed by atoms with Gasteiger partial charge in [0.2, 0.25) is 5.91 Å². The lowest BCUT2D eigenvalue weighted by Crippen LogP contribution is -2.22. The summed E-state index contributed by atoms with van der Waals surface area (Å²) < 4.78 is 38.4. The van der Waals surface area contributed by atoms with Crippen molar-refractivity contribution < 1.29 is 23.1 Å². The normalized spacial score (nSPS) is 12.5. The molecule has 1 aromatic rings. The lowest BCUT2D eigenvalue weighted by Gasteiger charge is -2.09. The molecule has 3 N–H and O–H groups in total. The van der Waals surface area contributed by atoms with E-state index < -0.39 is 29.5 Å². The van der Waals surface area contributed by atoms with Crippen molar-refractivity contribution >= 4 is 5.91 Å². The molecule has 0 bridgehead atoms. The van der Waals surface area contributed by atoms with Crippen LogP contribution in [-0.2, 0) is 11.2 Å². The monoisotopic (exact) mass is 233 g/mol. The first kappa shape index (κ1) is 12.5. The Balaban J connectivity index is 2.81. The molecule has 0 aliphatic heterocycles. The van der Waals surface area contributed by atoms with Crippen molar-refractivity contribution in [3.05, 3.63) is 35.1 Å². The average molecular weight is 233 g/mol. The number of aliphatic hydroxyl groups is 1. The molecule has 1 amide bonds. The zero-order chi connectivity index (χ0) is 12.3. The number of nitrogens with two attached hydrogens (primary N) is 1. The second kappa shape index (κ2) is 4.98. The van der Waals surface area contributed by atoms with Crippen molar-refractivity contribution in [2.75, 3.05) is 0 Å². The first-order chi connectivity index (χ1) is 7.40. The minimum absolute atomic E-state index is 0.201. The molecule has 6 heteroatoms. The summed E-state index contributed by atoms with van der Waals surface area (Å²) in [4.78, 5) is 10.4. The van der Waals surface area contributed by atoms with E-state index in [4.69, 9.17) is 5.73 Å². The highest BCUT2D eigenvalue weighted by molar-refractivity contribution is 5.74. The number of amides is 1. The van der Waals surface area contributed by atoms with Crippen LogP contribution in [-0.4, -0.2) is 17.1 Å². The molecular weight excluding hydrogens is 223 g/mol. The van der Waals surface area contributed by atoms with Crippen LogP contribution in [0.4, 0.5) is 13.2 Å². The molecule has 3 nitrogen and oxygen atoms in total. The third-order valence-corrected chi connectivity index (χ3v) is 1.98. The minimum atomic E-state index is -1.30.